The van der Waals surface area contributed by atoms with Gasteiger partial charge in [0, 0.05) is 10.0 Å². The highest BCUT2D eigenvalue weighted by molar-refractivity contribution is 9.10. The van der Waals surface area contributed by atoms with Crippen LogP contribution in [0.15, 0.2) is 92.3 Å². The summed E-state index contributed by atoms with van der Waals surface area (Å²) in [5.41, 5.74) is 3.47. The highest BCUT2D eigenvalue weighted by atomic mass is 79.9. The van der Waals surface area contributed by atoms with E-state index in [0.29, 0.717) is 57.5 Å². The Hall–Kier alpha value is -4.48. The van der Waals surface area contributed by atoms with Crippen molar-refractivity contribution in [2.45, 2.75) is 33.4 Å². The van der Waals surface area contributed by atoms with E-state index in [9.17, 15) is 14.4 Å². The Morgan fingerprint density at radius 3 is 2.49 bits per heavy atom. The third-order valence-corrected chi connectivity index (χ3v) is 9.23. The van der Waals surface area contributed by atoms with Crippen molar-refractivity contribution in [3.8, 4) is 11.5 Å². The summed E-state index contributed by atoms with van der Waals surface area (Å²) in [6, 6.07) is 19.7. The number of thiazole rings is 1. The molecule has 0 saturated heterocycles. The van der Waals surface area contributed by atoms with Crippen LogP contribution in [0.5, 0.6) is 11.5 Å². The van der Waals surface area contributed by atoms with Crippen LogP contribution in [0.1, 0.15) is 43.5 Å². The van der Waals surface area contributed by atoms with E-state index in [4.69, 9.17) is 19.2 Å². The van der Waals surface area contributed by atoms with Gasteiger partial charge in [0.2, 0.25) is 0 Å². The Kier molecular flexibility index (Phi) is 8.48. The third-order valence-electron chi connectivity index (χ3n) is 7.68. The minimum absolute atomic E-state index is 0.154. The zero-order valence-corrected chi connectivity index (χ0v) is 27.5. The molecule has 230 valence electrons. The smallest absolute Gasteiger partial charge is 0.338 e. The Balaban J connectivity index is 1.60. The minimum Gasteiger partial charge on any atom is -0.493 e. The highest BCUT2D eigenvalue weighted by Gasteiger charge is 2.38. The topological polar surface area (TPSA) is 99.4 Å². The largest absolute Gasteiger partial charge is 0.493 e. The van der Waals surface area contributed by atoms with E-state index in [1.54, 1.807) is 44.1 Å². The summed E-state index contributed by atoms with van der Waals surface area (Å²) < 4.78 is 19.3. The Morgan fingerprint density at radius 2 is 1.78 bits per heavy atom. The third kappa shape index (κ3) is 5.40. The Bertz CT molecular complexity index is 2050. The lowest BCUT2D eigenvalue weighted by molar-refractivity contribution is -0.139. The number of nitrogens with zero attached hydrogens (tertiary/aromatic N) is 3. The van der Waals surface area contributed by atoms with Crippen molar-refractivity contribution in [3.05, 3.63) is 119 Å². The van der Waals surface area contributed by atoms with Gasteiger partial charge in [0.05, 0.1) is 55.4 Å². The number of ether oxygens (including phenoxy) is 3. The molecule has 45 heavy (non-hydrogen) atoms. The first-order chi connectivity index (χ1) is 21.8. The molecule has 1 atom stereocenters. The van der Waals surface area contributed by atoms with Gasteiger partial charge in [0.15, 0.2) is 16.3 Å². The van der Waals surface area contributed by atoms with Crippen LogP contribution in [0.4, 0.5) is 5.69 Å². The maximum atomic E-state index is 14.5. The summed E-state index contributed by atoms with van der Waals surface area (Å²) in [6.45, 7) is 6.20. The molecule has 0 bridgehead atoms. The number of amides is 1. The summed E-state index contributed by atoms with van der Waals surface area (Å²) in [5.74, 6) is 0.140. The van der Waals surface area contributed by atoms with Crippen molar-refractivity contribution in [3.63, 3.8) is 0 Å². The number of methoxy groups -OCH3 is 1. The van der Waals surface area contributed by atoms with Gasteiger partial charge in [-0.25, -0.2) is 9.79 Å². The average Bonchev–Trinajstić information content (AvgIpc) is 3.48. The molecule has 0 radical (unpaired) electrons. The maximum Gasteiger partial charge on any atom is 0.338 e. The van der Waals surface area contributed by atoms with Crippen molar-refractivity contribution in [1.82, 2.24) is 4.57 Å². The van der Waals surface area contributed by atoms with Crippen molar-refractivity contribution in [2.24, 2.45) is 4.99 Å². The number of aromatic nitrogens is 1. The van der Waals surface area contributed by atoms with Crippen LogP contribution in [0.25, 0.3) is 5.57 Å². The van der Waals surface area contributed by atoms with Gasteiger partial charge >= 0.3 is 5.97 Å². The van der Waals surface area contributed by atoms with Crippen molar-refractivity contribution in [1.29, 1.82) is 0 Å². The fraction of sp³-hybridized carbons (Fsp3) is 0.235. The highest BCUT2D eigenvalue weighted by Crippen LogP contribution is 2.39. The Morgan fingerprint density at radius 1 is 1.00 bits per heavy atom. The number of allylic oxidation sites excluding steroid dienone is 1. The summed E-state index contributed by atoms with van der Waals surface area (Å²) in [6.07, 6.45) is 0. The molecule has 2 aliphatic heterocycles. The molecular formula is C34H30BrN3O6S. The molecule has 0 aliphatic carbocycles. The summed E-state index contributed by atoms with van der Waals surface area (Å²) in [4.78, 5) is 48.9. The van der Waals surface area contributed by atoms with Gasteiger partial charge in [-0.3, -0.25) is 14.2 Å². The second kappa shape index (κ2) is 12.5. The van der Waals surface area contributed by atoms with E-state index in [1.807, 2.05) is 55.5 Å². The van der Waals surface area contributed by atoms with E-state index in [-0.39, 0.29) is 22.6 Å². The average molecular weight is 689 g/mol. The number of halogens is 1. The molecule has 4 aromatic rings. The normalized spacial score (nSPS) is 16.7. The lowest BCUT2D eigenvalue weighted by Gasteiger charge is -2.25. The van der Waals surface area contributed by atoms with Crippen molar-refractivity contribution >= 4 is 50.4 Å². The lowest BCUT2D eigenvalue weighted by Crippen LogP contribution is -2.41. The predicted molar refractivity (Wildman–Crippen MR) is 175 cm³/mol. The zero-order valence-electron chi connectivity index (χ0n) is 25.1. The number of benzene rings is 3. The van der Waals surface area contributed by atoms with Crippen molar-refractivity contribution < 1.29 is 23.8 Å². The predicted octanol–water partition coefficient (Wildman–Crippen LogP) is 4.89. The number of hydrogen-bond donors (Lipinski definition) is 0. The molecule has 2 aliphatic rings. The van der Waals surface area contributed by atoms with E-state index in [1.165, 1.54) is 4.57 Å². The van der Waals surface area contributed by atoms with Crippen LogP contribution >= 0.6 is 27.3 Å². The number of esters is 1. The lowest BCUT2D eigenvalue weighted by atomic mass is 9.95. The molecule has 0 N–H and O–H groups in total. The van der Waals surface area contributed by atoms with Gasteiger partial charge in [-0.2, -0.15) is 0 Å². The van der Waals surface area contributed by atoms with E-state index in [0.717, 1.165) is 21.4 Å². The monoisotopic (exact) mass is 687 g/mol. The second-order valence-corrected chi connectivity index (χ2v) is 12.3. The van der Waals surface area contributed by atoms with Crippen molar-refractivity contribution in [2.75, 3.05) is 25.2 Å². The first kappa shape index (κ1) is 30.5. The summed E-state index contributed by atoms with van der Waals surface area (Å²) >= 11 is 4.68. The van der Waals surface area contributed by atoms with Crippen LogP contribution in [-0.2, 0) is 20.9 Å². The minimum atomic E-state index is -0.876. The van der Waals surface area contributed by atoms with Crippen LogP contribution < -0.4 is 29.3 Å². The number of fused-ring (bicyclic) bond motifs is 2. The molecule has 0 saturated carbocycles. The molecule has 1 aromatic heterocycles. The molecular weight excluding hydrogens is 658 g/mol. The number of carbonyl (C=O) groups excluding carboxylic acids is 2. The molecule has 9 nitrogen and oxygen atoms in total. The zero-order chi connectivity index (χ0) is 31.8. The van der Waals surface area contributed by atoms with Crippen LogP contribution in [0.3, 0.4) is 0 Å². The van der Waals surface area contributed by atoms with E-state index in [2.05, 4.69) is 15.9 Å². The fourth-order valence-corrected chi connectivity index (χ4v) is 7.23. The molecule has 3 heterocycles. The van der Waals surface area contributed by atoms with Crippen LogP contribution in [0.2, 0.25) is 0 Å². The molecule has 0 unspecified atom stereocenters. The maximum absolute atomic E-state index is 14.5. The number of anilines is 1. The number of carbonyl (C=O) groups is 2. The second-order valence-electron chi connectivity index (χ2n) is 10.4. The quantitative estimate of drug-likeness (QED) is 0.245. The molecule has 1 amide bonds. The Labute approximate surface area is 271 Å². The molecule has 0 spiro atoms. The van der Waals surface area contributed by atoms with E-state index < -0.39 is 17.6 Å². The summed E-state index contributed by atoms with van der Waals surface area (Å²) in [5, 5.41) is 0. The first-order valence-electron chi connectivity index (χ1n) is 14.5. The molecule has 3 aromatic carbocycles. The van der Waals surface area contributed by atoms with E-state index >= 15 is 0 Å². The number of rotatable bonds is 8. The number of hydrogen-bond acceptors (Lipinski definition) is 8. The van der Waals surface area contributed by atoms with Gasteiger partial charge in [-0.1, -0.05) is 63.7 Å². The summed E-state index contributed by atoms with van der Waals surface area (Å²) in [7, 11) is 1.55. The molecule has 0 fully saturated rings. The molecule has 11 heteroatoms. The fourth-order valence-electron chi connectivity index (χ4n) is 5.73. The van der Waals surface area contributed by atoms with Gasteiger partial charge in [0.1, 0.15) is 4.53 Å². The van der Waals surface area contributed by atoms with Gasteiger partial charge in [-0.05, 0) is 62.2 Å². The van der Waals surface area contributed by atoms with Crippen LogP contribution in [-0.4, -0.2) is 36.8 Å². The first-order valence-corrected chi connectivity index (χ1v) is 16.1. The SMILES string of the molecule is CCOC(=O)C1=C(C)N=c2s/c(=C3\C(=O)N(Cc4ccccc4)c4ccc(Br)cc43)c(=O)n2[C@@H]1c1ccc(OC)c(OCC)c1. The van der Waals surface area contributed by atoms with Crippen LogP contribution in [0, 0.1) is 0 Å². The molecule has 6 rings (SSSR count). The standard InChI is InChI=1S/C34H30BrN3O6S/c1-5-43-26-16-21(12-15-25(26)42-4)29-27(33(41)44-6-2)19(3)36-34-38(29)32(40)30(45-34)28-23-17-22(35)13-14-24(23)37(31(28)39)18-20-10-8-7-9-11-20/h7-17,29H,5-6,18H2,1-4H3/b30-28-/t29-/m1/s1. The van der Waals surface area contributed by atoms with Gasteiger partial charge in [-0.15, -0.1) is 0 Å². The van der Waals surface area contributed by atoms with Gasteiger partial charge < -0.3 is 19.1 Å². The van der Waals surface area contributed by atoms with Gasteiger partial charge in [0.25, 0.3) is 11.5 Å².